The lowest BCUT2D eigenvalue weighted by Gasteiger charge is -2.05. The zero-order valence-electron chi connectivity index (χ0n) is 8.13. The van der Waals surface area contributed by atoms with Crippen LogP contribution in [0.1, 0.15) is 20.8 Å². The van der Waals surface area contributed by atoms with Gasteiger partial charge in [0.25, 0.3) is 0 Å². The van der Waals surface area contributed by atoms with Crippen LogP contribution in [-0.2, 0) is 14.3 Å². The molecule has 0 spiro atoms. The average Bonchev–Trinajstić information content (AvgIpc) is 2.03. The van der Waals surface area contributed by atoms with Crippen LogP contribution in [0.15, 0.2) is 0 Å². The van der Waals surface area contributed by atoms with Crippen molar-refractivity contribution in [2.45, 2.75) is 20.8 Å². The van der Waals surface area contributed by atoms with Crippen LogP contribution >= 0.6 is 0 Å². The summed E-state index contributed by atoms with van der Waals surface area (Å²) in [4.78, 5) is 11.0. The molecule has 0 fully saturated rings. The average molecular weight is 174 g/mol. The number of carbonyl (C=O) groups is 1. The molecule has 3 heteroatoms. The van der Waals surface area contributed by atoms with Crippen LogP contribution in [-0.4, -0.2) is 32.2 Å². The fourth-order valence-corrected chi connectivity index (χ4v) is 0.602. The van der Waals surface area contributed by atoms with Crippen molar-refractivity contribution in [3.63, 3.8) is 0 Å². The third kappa shape index (κ3) is 6.31. The maximum Gasteiger partial charge on any atom is 0.160 e. The maximum atomic E-state index is 11.0. The van der Waals surface area contributed by atoms with Gasteiger partial charge in [0.1, 0.15) is 6.61 Å². The third-order valence-electron chi connectivity index (χ3n) is 1.46. The molecule has 0 aromatic heterocycles. The number of Topliss-reactive ketones (excluding diaryl/α,β-unsaturated/α-hetero) is 1. The number of carbonyl (C=O) groups excluding carboxylic acids is 1. The van der Waals surface area contributed by atoms with Gasteiger partial charge in [0, 0.05) is 12.5 Å². The number of ether oxygens (including phenoxy) is 2. The molecule has 0 N–H and O–H groups in total. The Labute approximate surface area is 74.0 Å². The van der Waals surface area contributed by atoms with Crippen molar-refractivity contribution in [3.05, 3.63) is 0 Å². The molecule has 3 nitrogen and oxygen atoms in total. The first-order valence-corrected chi connectivity index (χ1v) is 4.36. The number of rotatable bonds is 7. The molecule has 0 aliphatic heterocycles. The van der Waals surface area contributed by atoms with E-state index in [1.807, 2.05) is 20.8 Å². The molecule has 0 aliphatic carbocycles. The van der Waals surface area contributed by atoms with E-state index in [-0.39, 0.29) is 18.3 Å². The molecule has 0 aliphatic rings. The lowest BCUT2D eigenvalue weighted by atomic mass is 10.1. The quantitative estimate of drug-likeness (QED) is 0.545. The molecule has 0 aromatic rings. The molecule has 0 rings (SSSR count). The minimum absolute atomic E-state index is 0.0668. The molecular formula is C9H18O3. The summed E-state index contributed by atoms with van der Waals surface area (Å²) in [6.45, 7) is 7.65. The van der Waals surface area contributed by atoms with Crippen molar-refractivity contribution in [1.29, 1.82) is 0 Å². The molecule has 0 saturated heterocycles. The van der Waals surface area contributed by atoms with Crippen LogP contribution in [0, 0.1) is 5.92 Å². The smallest absolute Gasteiger partial charge is 0.160 e. The molecule has 0 aromatic carbocycles. The van der Waals surface area contributed by atoms with Gasteiger partial charge in [0.2, 0.25) is 0 Å². The van der Waals surface area contributed by atoms with Gasteiger partial charge in [-0.1, -0.05) is 13.8 Å². The Morgan fingerprint density at radius 3 is 2.33 bits per heavy atom. The molecule has 0 unspecified atom stereocenters. The minimum atomic E-state index is 0.0668. The largest absolute Gasteiger partial charge is 0.379 e. The Kier molecular flexibility index (Phi) is 7.00. The summed E-state index contributed by atoms with van der Waals surface area (Å²) in [7, 11) is 0. The van der Waals surface area contributed by atoms with Crippen molar-refractivity contribution in [1.82, 2.24) is 0 Å². The lowest BCUT2D eigenvalue weighted by Crippen LogP contribution is -2.16. The van der Waals surface area contributed by atoms with E-state index in [1.165, 1.54) is 0 Å². The molecule has 0 heterocycles. The molecule has 0 radical (unpaired) electrons. The van der Waals surface area contributed by atoms with E-state index >= 15 is 0 Å². The van der Waals surface area contributed by atoms with E-state index < -0.39 is 0 Å². The van der Waals surface area contributed by atoms with E-state index in [0.717, 1.165) is 0 Å². The van der Waals surface area contributed by atoms with Gasteiger partial charge in [-0.05, 0) is 6.92 Å². The summed E-state index contributed by atoms with van der Waals surface area (Å²) in [5.74, 6) is 0.212. The summed E-state index contributed by atoms with van der Waals surface area (Å²) in [6.07, 6.45) is 0. The Bertz CT molecular complexity index is 121. The van der Waals surface area contributed by atoms with E-state index in [2.05, 4.69) is 0 Å². The highest BCUT2D eigenvalue weighted by Gasteiger charge is 2.05. The highest BCUT2D eigenvalue weighted by molar-refractivity contribution is 5.81. The van der Waals surface area contributed by atoms with Crippen molar-refractivity contribution in [2.24, 2.45) is 5.92 Å². The normalized spacial score (nSPS) is 10.7. The van der Waals surface area contributed by atoms with E-state index in [9.17, 15) is 4.79 Å². The molecule has 72 valence electrons. The maximum absolute atomic E-state index is 11.0. The number of hydrogen-bond donors (Lipinski definition) is 0. The predicted octanol–water partition coefficient (Wildman–Crippen LogP) is 1.26. The monoisotopic (exact) mass is 174 g/mol. The van der Waals surface area contributed by atoms with Crippen molar-refractivity contribution in [2.75, 3.05) is 26.4 Å². The van der Waals surface area contributed by atoms with Crippen molar-refractivity contribution in [3.8, 4) is 0 Å². The predicted molar refractivity (Wildman–Crippen MR) is 47.2 cm³/mol. The second-order valence-corrected chi connectivity index (χ2v) is 2.87. The first-order chi connectivity index (χ1) is 5.68. The summed E-state index contributed by atoms with van der Waals surface area (Å²) in [6, 6.07) is 0. The molecule has 12 heavy (non-hydrogen) atoms. The highest BCUT2D eigenvalue weighted by atomic mass is 16.5. The summed E-state index contributed by atoms with van der Waals surface area (Å²) in [5, 5.41) is 0. The molecular weight excluding hydrogens is 156 g/mol. The Morgan fingerprint density at radius 2 is 1.83 bits per heavy atom. The van der Waals surface area contributed by atoms with Crippen molar-refractivity contribution < 1.29 is 14.3 Å². The number of ketones is 1. The summed E-state index contributed by atoms with van der Waals surface area (Å²) < 4.78 is 10.1. The van der Waals surface area contributed by atoms with E-state index in [4.69, 9.17) is 9.47 Å². The SMILES string of the molecule is CCOCCOCC(=O)C(C)C. The second-order valence-electron chi connectivity index (χ2n) is 2.87. The van der Waals surface area contributed by atoms with Crippen molar-refractivity contribution >= 4 is 5.78 Å². The minimum Gasteiger partial charge on any atom is -0.379 e. The molecule has 0 amide bonds. The van der Waals surface area contributed by atoms with Gasteiger partial charge in [-0.15, -0.1) is 0 Å². The first kappa shape index (κ1) is 11.6. The van der Waals surface area contributed by atoms with Gasteiger partial charge in [-0.2, -0.15) is 0 Å². The Hall–Kier alpha value is -0.410. The van der Waals surface area contributed by atoms with Crippen LogP contribution < -0.4 is 0 Å². The third-order valence-corrected chi connectivity index (χ3v) is 1.46. The Morgan fingerprint density at radius 1 is 1.25 bits per heavy atom. The Balaban J connectivity index is 3.14. The summed E-state index contributed by atoms with van der Waals surface area (Å²) >= 11 is 0. The van der Waals surface area contributed by atoms with Gasteiger partial charge in [0.15, 0.2) is 5.78 Å². The van der Waals surface area contributed by atoms with Gasteiger partial charge < -0.3 is 9.47 Å². The zero-order valence-corrected chi connectivity index (χ0v) is 8.13. The summed E-state index contributed by atoms with van der Waals surface area (Å²) in [5.41, 5.74) is 0. The van der Waals surface area contributed by atoms with Gasteiger partial charge >= 0.3 is 0 Å². The van der Waals surface area contributed by atoms with Gasteiger partial charge in [0.05, 0.1) is 13.2 Å². The highest BCUT2D eigenvalue weighted by Crippen LogP contribution is 1.94. The van der Waals surface area contributed by atoms with Crippen LogP contribution in [0.25, 0.3) is 0 Å². The lowest BCUT2D eigenvalue weighted by molar-refractivity contribution is -0.127. The van der Waals surface area contributed by atoms with Gasteiger partial charge in [-0.3, -0.25) is 4.79 Å². The standard InChI is InChI=1S/C9H18O3/c1-4-11-5-6-12-7-9(10)8(2)3/h8H,4-7H2,1-3H3. The van der Waals surface area contributed by atoms with Crippen LogP contribution in [0.4, 0.5) is 0 Å². The fraction of sp³-hybridized carbons (Fsp3) is 0.889. The van der Waals surface area contributed by atoms with E-state index in [0.29, 0.717) is 19.8 Å². The topological polar surface area (TPSA) is 35.5 Å². The zero-order chi connectivity index (χ0) is 9.40. The fourth-order valence-electron chi connectivity index (χ4n) is 0.602. The molecule has 0 atom stereocenters. The first-order valence-electron chi connectivity index (χ1n) is 4.36. The number of hydrogen-bond acceptors (Lipinski definition) is 3. The van der Waals surface area contributed by atoms with Gasteiger partial charge in [-0.25, -0.2) is 0 Å². The molecule has 0 bridgehead atoms. The van der Waals surface area contributed by atoms with Crippen LogP contribution in [0.5, 0.6) is 0 Å². The van der Waals surface area contributed by atoms with E-state index in [1.54, 1.807) is 0 Å². The molecule has 0 saturated carbocycles. The van der Waals surface area contributed by atoms with Crippen LogP contribution in [0.2, 0.25) is 0 Å². The second kappa shape index (κ2) is 7.25. The van der Waals surface area contributed by atoms with Crippen LogP contribution in [0.3, 0.4) is 0 Å².